The molecule has 0 unspecified atom stereocenters. The Labute approximate surface area is 72.8 Å². The molecular formula is C7H8F3N3. The summed E-state index contributed by atoms with van der Waals surface area (Å²) in [5, 5.41) is 0. The first-order valence-corrected chi connectivity index (χ1v) is 3.56. The third-order valence-corrected chi connectivity index (χ3v) is 1.46. The maximum absolute atomic E-state index is 11.9. The predicted octanol–water partition coefficient (Wildman–Crippen LogP) is 1.43. The average Bonchev–Trinajstić information content (AvgIpc) is 2.03. The van der Waals surface area contributed by atoms with Gasteiger partial charge in [0.15, 0.2) is 0 Å². The minimum absolute atomic E-state index is 0.292. The molecule has 0 aliphatic rings. The summed E-state index contributed by atoms with van der Waals surface area (Å²) < 4.78 is 35.6. The largest absolute Gasteiger partial charge is 0.390 e. The number of hydrogen-bond donors (Lipinski definition) is 1. The topological polar surface area (TPSA) is 51.8 Å². The summed E-state index contributed by atoms with van der Waals surface area (Å²) in [7, 11) is 0. The van der Waals surface area contributed by atoms with Gasteiger partial charge in [-0.05, 0) is 0 Å². The summed E-state index contributed by atoms with van der Waals surface area (Å²) in [4.78, 5) is 7.15. The summed E-state index contributed by atoms with van der Waals surface area (Å²) in [6, 6.07) is -1.08. The van der Waals surface area contributed by atoms with Crippen LogP contribution in [-0.4, -0.2) is 16.1 Å². The standard InChI is InChI=1S/C7H8F3N3/c8-7(9,10)1-6(11)5-2-12-4-13-3-5/h2-4,6H,1,11H2/t6-/m0/s1. The molecule has 0 spiro atoms. The van der Waals surface area contributed by atoms with Gasteiger partial charge in [-0.1, -0.05) is 0 Å². The molecule has 6 heteroatoms. The van der Waals surface area contributed by atoms with E-state index in [4.69, 9.17) is 5.73 Å². The Morgan fingerprint density at radius 1 is 1.31 bits per heavy atom. The van der Waals surface area contributed by atoms with Gasteiger partial charge in [0.25, 0.3) is 0 Å². The lowest BCUT2D eigenvalue weighted by Crippen LogP contribution is -2.20. The maximum Gasteiger partial charge on any atom is 0.390 e. The van der Waals surface area contributed by atoms with Crippen LogP contribution in [0.5, 0.6) is 0 Å². The molecule has 0 fully saturated rings. The van der Waals surface area contributed by atoms with Crippen molar-refractivity contribution in [1.82, 2.24) is 9.97 Å². The van der Waals surface area contributed by atoms with Gasteiger partial charge < -0.3 is 5.73 Å². The Bertz CT molecular complexity index is 259. The molecule has 1 heterocycles. The smallest absolute Gasteiger partial charge is 0.324 e. The predicted molar refractivity (Wildman–Crippen MR) is 39.6 cm³/mol. The first-order valence-electron chi connectivity index (χ1n) is 3.56. The molecule has 2 N–H and O–H groups in total. The van der Waals surface area contributed by atoms with Crippen molar-refractivity contribution in [3.63, 3.8) is 0 Å². The average molecular weight is 191 g/mol. The summed E-state index contributed by atoms with van der Waals surface area (Å²) in [6.45, 7) is 0. The van der Waals surface area contributed by atoms with Gasteiger partial charge >= 0.3 is 6.18 Å². The summed E-state index contributed by atoms with van der Waals surface area (Å²) in [5.74, 6) is 0. The van der Waals surface area contributed by atoms with Crippen LogP contribution in [0.4, 0.5) is 13.2 Å². The fourth-order valence-corrected chi connectivity index (χ4v) is 0.869. The Hall–Kier alpha value is -1.17. The molecule has 0 bridgehead atoms. The number of nitrogens with two attached hydrogens (primary N) is 1. The molecule has 0 saturated carbocycles. The number of hydrogen-bond acceptors (Lipinski definition) is 3. The minimum Gasteiger partial charge on any atom is -0.324 e. The minimum atomic E-state index is -4.25. The van der Waals surface area contributed by atoms with Crippen molar-refractivity contribution in [3.05, 3.63) is 24.3 Å². The molecule has 1 atom stereocenters. The molecule has 0 aliphatic carbocycles. The van der Waals surface area contributed by atoms with E-state index in [1.807, 2.05) is 0 Å². The Morgan fingerprint density at radius 3 is 2.31 bits per heavy atom. The summed E-state index contributed by atoms with van der Waals surface area (Å²) in [5.41, 5.74) is 5.57. The second kappa shape index (κ2) is 3.69. The van der Waals surface area contributed by atoms with E-state index in [0.29, 0.717) is 5.56 Å². The van der Waals surface area contributed by atoms with Crippen LogP contribution in [0.2, 0.25) is 0 Å². The van der Waals surface area contributed by atoms with Gasteiger partial charge in [0.05, 0.1) is 6.42 Å². The van der Waals surface area contributed by atoms with Gasteiger partial charge in [0.2, 0.25) is 0 Å². The van der Waals surface area contributed by atoms with E-state index >= 15 is 0 Å². The summed E-state index contributed by atoms with van der Waals surface area (Å²) in [6.07, 6.45) is -1.51. The molecule has 0 aromatic carbocycles. The zero-order valence-electron chi connectivity index (χ0n) is 6.62. The van der Waals surface area contributed by atoms with Crippen molar-refractivity contribution in [2.75, 3.05) is 0 Å². The number of rotatable bonds is 2. The van der Waals surface area contributed by atoms with Gasteiger partial charge in [0, 0.05) is 24.0 Å². The van der Waals surface area contributed by atoms with Crippen molar-refractivity contribution in [2.24, 2.45) is 5.73 Å². The highest BCUT2D eigenvalue weighted by Crippen LogP contribution is 2.26. The van der Waals surface area contributed by atoms with Crippen LogP contribution >= 0.6 is 0 Å². The van der Waals surface area contributed by atoms with E-state index in [1.54, 1.807) is 0 Å². The van der Waals surface area contributed by atoms with E-state index in [0.717, 1.165) is 0 Å². The van der Waals surface area contributed by atoms with Gasteiger partial charge in [-0.15, -0.1) is 0 Å². The van der Waals surface area contributed by atoms with Crippen molar-refractivity contribution in [1.29, 1.82) is 0 Å². The van der Waals surface area contributed by atoms with Crippen LogP contribution < -0.4 is 5.73 Å². The van der Waals surface area contributed by atoms with Crippen LogP contribution in [-0.2, 0) is 0 Å². The molecule has 0 saturated heterocycles. The van der Waals surface area contributed by atoms with Gasteiger partial charge in [-0.2, -0.15) is 13.2 Å². The lowest BCUT2D eigenvalue weighted by molar-refractivity contribution is -0.138. The van der Waals surface area contributed by atoms with Gasteiger partial charge in [0.1, 0.15) is 6.33 Å². The lowest BCUT2D eigenvalue weighted by atomic mass is 10.1. The Morgan fingerprint density at radius 2 is 1.85 bits per heavy atom. The molecule has 72 valence electrons. The Kier molecular flexibility index (Phi) is 2.82. The molecule has 0 amide bonds. The third kappa shape index (κ3) is 3.37. The van der Waals surface area contributed by atoms with Gasteiger partial charge in [-0.3, -0.25) is 0 Å². The van der Waals surface area contributed by atoms with E-state index in [1.165, 1.54) is 18.7 Å². The van der Waals surface area contributed by atoms with Crippen molar-refractivity contribution in [2.45, 2.75) is 18.6 Å². The quantitative estimate of drug-likeness (QED) is 0.769. The molecular weight excluding hydrogens is 183 g/mol. The lowest BCUT2D eigenvalue weighted by Gasteiger charge is -2.12. The van der Waals surface area contributed by atoms with E-state index in [2.05, 4.69) is 9.97 Å². The van der Waals surface area contributed by atoms with Crippen molar-refractivity contribution < 1.29 is 13.2 Å². The molecule has 0 aliphatic heterocycles. The first kappa shape index (κ1) is 9.91. The number of nitrogens with zero attached hydrogens (tertiary/aromatic N) is 2. The highest BCUT2D eigenvalue weighted by molar-refractivity contribution is 5.08. The molecule has 13 heavy (non-hydrogen) atoms. The molecule has 1 rings (SSSR count). The van der Waals surface area contributed by atoms with Crippen LogP contribution in [0, 0.1) is 0 Å². The van der Waals surface area contributed by atoms with Crippen molar-refractivity contribution >= 4 is 0 Å². The molecule has 1 aromatic rings. The van der Waals surface area contributed by atoms with E-state index in [-0.39, 0.29) is 0 Å². The van der Waals surface area contributed by atoms with Crippen LogP contribution in [0.25, 0.3) is 0 Å². The van der Waals surface area contributed by atoms with Crippen LogP contribution in [0.15, 0.2) is 18.7 Å². The third-order valence-electron chi connectivity index (χ3n) is 1.46. The zero-order valence-corrected chi connectivity index (χ0v) is 6.62. The van der Waals surface area contributed by atoms with Crippen molar-refractivity contribution in [3.8, 4) is 0 Å². The number of alkyl halides is 3. The Balaban J connectivity index is 2.64. The zero-order chi connectivity index (χ0) is 9.90. The van der Waals surface area contributed by atoms with E-state index in [9.17, 15) is 13.2 Å². The number of aromatic nitrogens is 2. The normalized spacial score (nSPS) is 14.2. The van der Waals surface area contributed by atoms with E-state index < -0.39 is 18.6 Å². The van der Waals surface area contributed by atoms with Crippen LogP contribution in [0.1, 0.15) is 18.0 Å². The molecule has 1 aromatic heterocycles. The number of halogens is 3. The second-order valence-electron chi connectivity index (χ2n) is 2.60. The highest BCUT2D eigenvalue weighted by atomic mass is 19.4. The molecule has 0 radical (unpaired) electrons. The maximum atomic E-state index is 11.9. The van der Waals surface area contributed by atoms with Crippen LogP contribution in [0.3, 0.4) is 0 Å². The second-order valence-corrected chi connectivity index (χ2v) is 2.60. The van der Waals surface area contributed by atoms with Gasteiger partial charge in [-0.25, -0.2) is 9.97 Å². The highest BCUT2D eigenvalue weighted by Gasteiger charge is 2.30. The molecule has 3 nitrogen and oxygen atoms in total. The monoisotopic (exact) mass is 191 g/mol. The SMILES string of the molecule is N[C@@H](CC(F)(F)F)c1cncnc1. The first-order chi connectivity index (χ1) is 5.99. The summed E-state index contributed by atoms with van der Waals surface area (Å²) >= 11 is 0. The fourth-order valence-electron chi connectivity index (χ4n) is 0.869. The fraction of sp³-hybridized carbons (Fsp3) is 0.429.